The van der Waals surface area contributed by atoms with Gasteiger partial charge in [-0.3, -0.25) is 4.79 Å². The predicted octanol–water partition coefficient (Wildman–Crippen LogP) is 2.89. The Morgan fingerprint density at radius 1 is 1.27 bits per heavy atom. The van der Waals surface area contributed by atoms with Crippen molar-refractivity contribution < 1.29 is 9.53 Å². The summed E-state index contributed by atoms with van der Waals surface area (Å²) in [7, 11) is 0. The molecule has 0 N–H and O–H groups in total. The molecule has 1 aliphatic rings. The lowest BCUT2D eigenvalue weighted by molar-refractivity contribution is -0.123. The summed E-state index contributed by atoms with van der Waals surface area (Å²) in [5.41, 5.74) is 0. The maximum atomic E-state index is 11.3. The number of unbranched alkanes of at least 4 members (excludes halogenated alkanes) is 2. The molecule has 0 aromatic heterocycles. The summed E-state index contributed by atoms with van der Waals surface area (Å²) < 4.78 is 5.36. The van der Waals surface area contributed by atoms with Crippen LogP contribution in [-0.4, -0.2) is 19.0 Å². The van der Waals surface area contributed by atoms with Crippen molar-refractivity contribution in [3.63, 3.8) is 0 Å². The third-order valence-corrected chi connectivity index (χ3v) is 2.46. The first-order valence-electron chi connectivity index (χ1n) is 5.77. The van der Waals surface area contributed by atoms with Gasteiger partial charge in [-0.25, -0.2) is 0 Å². The second-order valence-electron chi connectivity index (χ2n) is 3.94. The molecule has 0 bridgehead atoms. The van der Waals surface area contributed by atoms with Crippen molar-refractivity contribution in [1.82, 2.24) is 0 Å². The van der Waals surface area contributed by atoms with Crippen LogP contribution in [0.25, 0.3) is 0 Å². The zero-order chi connectivity index (χ0) is 10.9. The van der Waals surface area contributed by atoms with E-state index in [0.29, 0.717) is 18.9 Å². The van der Waals surface area contributed by atoms with Gasteiger partial charge in [0.2, 0.25) is 0 Å². The van der Waals surface area contributed by atoms with Crippen LogP contribution in [0.5, 0.6) is 0 Å². The molecule has 0 radical (unpaired) electrons. The highest BCUT2D eigenvalue weighted by Gasteiger charge is 2.06. The topological polar surface area (TPSA) is 26.3 Å². The van der Waals surface area contributed by atoms with Crippen LogP contribution in [0.1, 0.15) is 32.6 Å². The number of ketones is 1. The molecule has 84 valence electrons. The fraction of sp³-hybridized carbons (Fsp3) is 0.615. The number of rotatable bonds is 8. The van der Waals surface area contributed by atoms with Gasteiger partial charge in [-0.15, -0.1) is 0 Å². The van der Waals surface area contributed by atoms with E-state index in [9.17, 15) is 4.79 Å². The van der Waals surface area contributed by atoms with Gasteiger partial charge >= 0.3 is 0 Å². The molecular weight excluding hydrogens is 188 g/mol. The first-order chi connectivity index (χ1) is 7.33. The van der Waals surface area contributed by atoms with E-state index in [0.717, 1.165) is 19.3 Å². The zero-order valence-electron chi connectivity index (χ0n) is 9.45. The summed E-state index contributed by atoms with van der Waals surface area (Å²) in [5, 5.41) is 0. The van der Waals surface area contributed by atoms with Gasteiger partial charge in [0, 0.05) is 12.3 Å². The van der Waals surface area contributed by atoms with Crippen LogP contribution in [0.3, 0.4) is 0 Å². The quantitative estimate of drug-likeness (QED) is 0.573. The Labute approximate surface area is 92.0 Å². The summed E-state index contributed by atoms with van der Waals surface area (Å²) in [6.07, 6.45) is 12.2. The maximum Gasteiger partial charge on any atom is 0.158 e. The normalized spacial score (nSPS) is 15.0. The van der Waals surface area contributed by atoms with E-state index < -0.39 is 0 Å². The third kappa shape index (κ3) is 5.53. The lowest BCUT2D eigenvalue weighted by atomic mass is 10.1. The van der Waals surface area contributed by atoms with Crippen LogP contribution in [0.2, 0.25) is 0 Å². The Balaban J connectivity index is 1.97. The minimum absolute atomic E-state index is 0.231. The summed E-state index contributed by atoms with van der Waals surface area (Å²) in [6.45, 7) is 3.05. The molecule has 2 nitrogen and oxygen atoms in total. The molecule has 0 fully saturated rings. The van der Waals surface area contributed by atoms with E-state index in [2.05, 4.69) is 19.1 Å². The molecular formula is C13H20O2. The Bertz CT molecular complexity index is 229. The lowest BCUT2D eigenvalue weighted by Crippen LogP contribution is -2.12. The second-order valence-corrected chi connectivity index (χ2v) is 3.94. The summed E-state index contributed by atoms with van der Waals surface area (Å²) >= 11 is 0. The predicted molar refractivity (Wildman–Crippen MR) is 61.7 cm³/mol. The smallest absolute Gasteiger partial charge is 0.158 e. The van der Waals surface area contributed by atoms with Crippen LogP contribution in [0.4, 0.5) is 0 Å². The molecule has 0 unspecified atom stereocenters. The van der Waals surface area contributed by atoms with Crippen molar-refractivity contribution in [2.24, 2.45) is 5.92 Å². The molecule has 0 aliphatic heterocycles. The summed E-state index contributed by atoms with van der Waals surface area (Å²) in [5.74, 6) is 0.600. The molecule has 0 saturated heterocycles. The van der Waals surface area contributed by atoms with E-state index in [1.807, 2.05) is 12.2 Å². The fourth-order valence-corrected chi connectivity index (χ4v) is 1.54. The molecule has 0 aromatic rings. The largest absolute Gasteiger partial charge is 0.373 e. The molecule has 0 aromatic carbocycles. The first kappa shape index (κ1) is 12.2. The van der Waals surface area contributed by atoms with Crippen molar-refractivity contribution in [3.05, 3.63) is 24.3 Å². The lowest BCUT2D eigenvalue weighted by Gasteiger charge is -2.06. The average Bonchev–Trinajstić information content (AvgIpc) is 2.71. The second kappa shape index (κ2) is 7.41. The molecule has 15 heavy (non-hydrogen) atoms. The van der Waals surface area contributed by atoms with E-state index in [1.165, 1.54) is 0 Å². The Kier molecular flexibility index (Phi) is 6.02. The Morgan fingerprint density at radius 3 is 2.67 bits per heavy atom. The van der Waals surface area contributed by atoms with Crippen LogP contribution in [0.15, 0.2) is 24.3 Å². The van der Waals surface area contributed by atoms with Crippen LogP contribution < -0.4 is 0 Å². The highest BCUT2D eigenvalue weighted by molar-refractivity contribution is 5.79. The van der Waals surface area contributed by atoms with Gasteiger partial charge in [0.1, 0.15) is 6.61 Å². The van der Waals surface area contributed by atoms with Gasteiger partial charge in [-0.1, -0.05) is 44.1 Å². The minimum atomic E-state index is 0.231. The molecule has 0 spiro atoms. The molecule has 0 amide bonds. The Hall–Kier alpha value is -0.890. The molecule has 0 saturated carbocycles. The molecule has 1 rings (SSSR count). The molecule has 1 aliphatic carbocycles. The van der Waals surface area contributed by atoms with Crippen LogP contribution in [-0.2, 0) is 9.53 Å². The summed E-state index contributed by atoms with van der Waals surface area (Å²) in [4.78, 5) is 11.3. The van der Waals surface area contributed by atoms with Gasteiger partial charge in [0.15, 0.2) is 5.78 Å². The number of hydrogen-bond acceptors (Lipinski definition) is 2. The van der Waals surface area contributed by atoms with Gasteiger partial charge in [0.25, 0.3) is 0 Å². The molecule has 2 heteroatoms. The number of Topliss-reactive ketones (excluding diaryl/α,β-unsaturated/α-hetero) is 1. The third-order valence-electron chi connectivity index (χ3n) is 2.46. The number of hydrogen-bond donors (Lipinski definition) is 0. The first-order valence-corrected chi connectivity index (χ1v) is 5.77. The number of carbonyl (C=O) groups excluding carboxylic acids is 1. The van der Waals surface area contributed by atoms with Crippen molar-refractivity contribution >= 4 is 5.78 Å². The van der Waals surface area contributed by atoms with E-state index in [1.54, 1.807) is 0 Å². The molecule has 0 heterocycles. The summed E-state index contributed by atoms with van der Waals surface area (Å²) in [6, 6.07) is 0. The highest BCUT2D eigenvalue weighted by Crippen LogP contribution is 2.09. The van der Waals surface area contributed by atoms with Crippen LogP contribution in [0, 0.1) is 5.92 Å². The average molecular weight is 208 g/mol. The standard InChI is InChI=1S/C13H20O2/c1-2-3-4-9-13(14)11-15-10-12-7-5-6-8-12/h5-8,12H,2-4,9-11H2,1H3. The highest BCUT2D eigenvalue weighted by atomic mass is 16.5. The van der Waals surface area contributed by atoms with Gasteiger partial charge in [-0.05, 0) is 6.42 Å². The van der Waals surface area contributed by atoms with E-state index in [-0.39, 0.29) is 12.4 Å². The molecule has 0 atom stereocenters. The van der Waals surface area contributed by atoms with Crippen molar-refractivity contribution in [1.29, 1.82) is 0 Å². The number of allylic oxidation sites excluding steroid dienone is 2. The SMILES string of the molecule is CCCCCC(=O)COCC1C=CC=C1. The van der Waals surface area contributed by atoms with E-state index in [4.69, 9.17) is 4.74 Å². The van der Waals surface area contributed by atoms with Crippen molar-refractivity contribution in [2.45, 2.75) is 32.6 Å². The van der Waals surface area contributed by atoms with Gasteiger partial charge < -0.3 is 4.74 Å². The van der Waals surface area contributed by atoms with E-state index >= 15 is 0 Å². The van der Waals surface area contributed by atoms with Crippen LogP contribution >= 0.6 is 0 Å². The number of carbonyl (C=O) groups is 1. The Morgan fingerprint density at radius 2 is 2.00 bits per heavy atom. The maximum absolute atomic E-state index is 11.3. The van der Waals surface area contributed by atoms with Crippen molar-refractivity contribution in [3.8, 4) is 0 Å². The number of ether oxygens (including phenoxy) is 1. The minimum Gasteiger partial charge on any atom is -0.373 e. The fourth-order valence-electron chi connectivity index (χ4n) is 1.54. The van der Waals surface area contributed by atoms with Gasteiger partial charge in [-0.2, -0.15) is 0 Å². The zero-order valence-corrected chi connectivity index (χ0v) is 9.45. The monoisotopic (exact) mass is 208 g/mol. The van der Waals surface area contributed by atoms with Crippen molar-refractivity contribution in [2.75, 3.05) is 13.2 Å². The van der Waals surface area contributed by atoms with Gasteiger partial charge in [0.05, 0.1) is 6.61 Å².